The Morgan fingerprint density at radius 3 is 2.04 bits per heavy atom. The molecule has 0 aliphatic rings. The molecular formula is C26H29NO. The van der Waals surface area contributed by atoms with Gasteiger partial charge in [0.05, 0.1) is 6.42 Å². The van der Waals surface area contributed by atoms with E-state index in [0.29, 0.717) is 18.9 Å². The number of rotatable bonds is 8. The second kappa shape index (κ2) is 9.89. The van der Waals surface area contributed by atoms with Gasteiger partial charge in [0, 0.05) is 6.54 Å². The van der Waals surface area contributed by atoms with Crippen LogP contribution in [0, 0.1) is 0 Å². The van der Waals surface area contributed by atoms with E-state index in [1.165, 1.54) is 22.3 Å². The molecule has 0 saturated heterocycles. The second-order valence-corrected chi connectivity index (χ2v) is 7.39. The minimum Gasteiger partial charge on any atom is -0.355 e. The van der Waals surface area contributed by atoms with Crippen LogP contribution in [0.4, 0.5) is 0 Å². The number of benzene rings is 3. The van der Waals surface area contributed by atoms with Gasteiger partial charge in [-0.05, 0) is 46.6 Å². The van der Waals surface area contributed by atoms with Gasteiger partial charge in [-0.3, -0.25) is 4.79 Å². The number of nitrogens with one attached hydrogen (secondary N) is 1. The van der Waals surface area contributed by atoms with Gasteiger partial charge >= 0.3 is 0 Å². The Balaban J connectivity index is 1.49. The lowest BCUT2D eigenvalue weighted by molar-refractivity contribution is -0.120. The molecule has 3 aromatic carbocycles. The van der Waals surface area contributed by atoms with Crippen molar-refractivity contribution < 1.29 is 4.79 Å². The molecule has 1 atom stereocenters. The zero-order valence-electron chi connectivity index (χ0n) is 16.8. The smallest absolute Gasteiger partial charge is 0.224 e. The summed E-state index contributed by atoms with van der Waals surface area (Å²) in [5, 5.41) is 3.01. The number of hydrogen-bond donors (Lipinski definition) is 1. The van der Waals surface area contributed by atoms with E-state index in [4.69, 9.17) is 0 Å². The quantitative estimate of drug-likeness (QED) is 0.535. The van der Waals surface area contributed by atoms with Crippen molar-refractivity contribution >= 4 is 5.91 Å². The number of carbonyl (C=O) groups is 1. The van der Waals surface area contributed by atoms with Gasteiger partial charge in [-0.2, -0.15) is 0 Å². The maximum atomic E-state index is 12.0. The third kappa shape index (κ3) is 5.56. The van der Waals surface area contributed by atoms with E-state index in [9.17, 15) is 4.79 Å². The average molecular weight is 372 g/mol. The van der Waals surface area contributed by atoms with Crippen molar-refractivity contribution in [3.8, 4) is 11.1 Å². The highest BCUT2D eigenvalue weighted by Gasteiger charge is 2.05. The molecule has 0 spiro atoms. The predicted octanol–water partition coefficient (Wildman–Crippen LogP) is 5.77. The highest BCUT2D eigenvalue weighted by Crippen LogP contribution is 2.24. The molecule has 0 aromatic heterocycles. The largest absolute Gasteiger partial charge is 0.355 e. The van der Waals surface area contributed by atoms with Crippen LogP contribution in [-0.4, -0.2) is 12.5 Å². The van der Waals surface area contributed by atoms with Crippen molar-refractivity contribution in [2.24, 2.45) is 0 Å². The van der Waals surface area contributed by atoms with Crippen molar-refractivity contribution in [1.82, 2.24) is 5.32 Å². The van der Waals surface area contributed by atoms with Crippen LogP contribution in [0.3, 0.4) is 0 Å². The predicted molar refractivity (Wildman–Crippen MR) is 117 cm³/mol. The van der Waals surface area contributed by atoms with E-state index in [1.54, 1.807) is 0 Å². The first-order valence-corrected chi connectivity index (χ1v) is 10.2. The minimum atomic E-state index is 0.0733. The van der Waals surface area contributed by atoms with Crippen molar-refractivity contribution in [3.63, 3.8) is 0 Å². The van der Waals surface area contributed by atoms with Gasteiger partial charge in [-0.1, -0.05) is 92.7 Å². The molecule has 1 amide bonds. The molecule has 2 heteroatoms. The van der Waals surface area contributed by atoms with Crippen LogP contribution >= 0.6 is 0 Å². The summed E-state index contributed by atoms with van der Waals surface area (Å²) in [5.74, 6) is 0.678. The molecule has 144 valence electrons. The number of hydrogen-bond acceptors (Lipinski definition) is 1. The highest BCUT2D eigenvalue weighted by atomic mass is 16.1. The summed E-state index contributed by atoms with van der Waals surface area (Å²) in [6.07, 6.45) is 2.44. The fourth-order valence-electron chi connectivity index (χ4n) is 3.29. The summed E-state index contributed by atoms with van der Waals surface area (Å²) < 4.78 is 0. The lowest BCUT2D eigenvalue weighted by atomic mass is 9.95. The van der Waals surface area contributed by atoms with Gasteiger partial charge in [-0.15, -0.1) is 0 Å². The van der Waals surface area contributed by atoms with E-state index < -0.39 is 0 Å². The molecule has 28 heavy (non-hydrogen) atoms. The van der Waals surface area contributed by atoms with Gasteiger partial charge < -0.3 is 5.32 Å². The van der Waals surface area contributed by atoms with Crippen LogP contribution in [0.15, 0.2) is 78.9 Å². The molecule has 0 heterocycles. The normalized spacial score (nSPS) is 11.8. The summed E-state index contributed by atoms with van der Waals surface area (Å²) >= 11 is 0. The molecule has 2 nitrogen and oxygen atoms in total. The number of carbonyl (C=O) groups excluding carboxylic acids is 1. The SMILES string of the molecule is CCC(C)c1ccc(-c2ccc(CCNC(=O)Cc3ccccc3)cc2)cc1. The van der Waals surface area contributed by atoms with E-state index in [0.717, 1.165) is 18.4 Å². The Morgan fingerprint density at radius 1 is 0.821 bits per heavy atom. The van der Waals surface area contributed by atoms with Crippen molar-refractivity contribution in [2.75, 3.05) is 6.54 Å². The maximum absolute atomic E-state index is 12.0. The van der Waals surface area contributed by atoms with E-state index in [2.05, 4.69) is 67.7 Å². The lowest BCUT2D eigenvalue weighted by Gasteiger charge is -2.10. The molecule has 0 saturated carbocycles. The zero-order valence-corrected chi connectivity index (χ0v) is 16.8. The molecule has 3 aromatic rings. The van der Waals surface area contributed by atoms with Crippen LogP contribution in [-0.2, 0) is 17.6 Å². The van der Waals surface area contributed by atoms with Crippen LogP contribution in [0.25, 0.3) is 11.1 Å². The molecule has 0 aliphatic heterocycles. The monoisotopic (exact) mass is 371 g/mol. The molecule has 1 unspecified atom stereocenters. The topological polar surface area (TPSA) is 29.1 Å². The first-order valence-electron chi connectivity index (χ1n) is 10.2. The maximum Gasteiger partial charge on any atom is 0.224 e. The Bertz CT molecular complexity index is 867. The van der Waals surface area contributed by atoms with Crippen molar-refractivity contribution in [1.29, 1.82) is 0 Å². The van der Waals surface area contributed by atoms with Gasteiger partial charge in [0.25, 0.3) is 0 Å². The first kappa shape index (κ1) is 19.9. The summed E-state index contributed by atoms with van der Waals surface area (Å²) in [6.45, 7) is 5.15. The first-order chi connectivity index (χ1) is 13.7. The summed E-state index contributed by atoms with van der Waals surface area (Å²) in [5.41, 5.74) is 6.15. The van der Waals surface area contributed by atoms with E-state index in [-0.39, 0.29) is 5.91 Å². The van der Waals surface area contributed by atoms with Crippen LogP contribution in [0.2, 0.25) is 0 Å². The number of amides is 1. The van der Waals surface area contributed by atoms with E-state index in [1.807, 2.05) is 30.3 Å². The zero-order chi connectivity index (χ0) is 19.8. The van der Waals surface area contributed by atoms with Gasteiger partial charge in [0.2, 0.25) is 5.91 Å². The Morgan fingerprint density at radius 2 is 1.43 bits per heavy atom. The van der Waals surface area contributed by atoms with Gasteiger partial charge in [0.1, 0.15) is 0 Å². The third-order valence-electron chi connectivity index (χ3n) is 5.32. The molecule has 1 N–H and O–H groups in total. The fourth-order valence-corrected chi connectivity index (χ4v) is 3.29. The molecule has 0 bridgehead atoms. The molecule has 0 aliphatic carbocycles. The van der Waals surface area contributed by atoms with Crippen LogP contribution in [0.5, 0.6) is 0 Å². The van der Waals surface area contributed by atoms with Crippen LogP contribution in [0.1, 0.15) is 42.9 Å². The van der Waals surface area contributed by atoms with Crippen molar-refractivity contribution in [2.45, 2.75) is 39.0 Å². The average Bonchev–Trinajstić information content (AvgIpc) is 2.74. The molecular weight excluding hydrogens is 342 g/mol. The Labute approximate surface area is 168 Å². The highest BCUT2D eigenvalue weighted by molar-refractivity contribution is 5.78. The van der Waals surface area contributed by atoms with Crippen molar-refractivity contribution in [3.05, 3.63) is 95.6 Å². The van der Waals surface area contributed by atoms with E-state index >= 15 is 0 Å². The van der Waals surface area contributed by atoms with Gasteiger partial charge in [-0.25, -0.2) is 0 Å². The lowest BCUT2D eigenvalue weighted by Crippen LogP contribution is -2.27. The molecule has 0 fully saturated rings. The summed E-state index contributed by atoms with van der Waals surface area (Å²) in [4.78, 5) is 12.0. The standard InChI is InChI=1S/C26H29NO/c1-3-20(2)23-13-15-25(16-14-23)24-11-9-21(10-12-24)17-18-27-26(28)19-22-7-5-4-6-8-22/h4-16,20H,3,17-19H2,1-2H3,(H,27,28). The fraction of sp³-hybridized carbons (Fsp3) is 0.269. The Hall–Kier alpha value is -2.87. The Kier molecular flexibility index (Phi) is 7.02. The van der Waals surface area contributed by atoms with Gasteiger partial charge in [0.15, 0.2) is 0 Å². The molecule has 0 radical (unpaired) electrons. The minimum absolute atomic E-state index is 0.0733. The second-order valence-electron chi connectivity index (χ2n) is 7.39. The van der Waals surface area contributed by atoms with Crippen LogP contribution < -0.4 is 5.32 Å². The molecule has 3 rings (SSSR count). The summed E-state index contributed by atoms with van der Waals surface area (Å²) in [7, 11) is 0. The third-order valence-corrected chi connectivity index (χ3v) is 5.32. The summed E-state index contributed by atoms with van der Waals surface area (Å²) in [6, 6.07) is 27.4.